The van der Waals surface area contributed by atoms with Gasteiger partial charge in [0.25, 0.3) is 0 Å². The quantitative estimate of drug-likeness (QED) is 0.899. The number of pyridine rings is 1. The van der Waals surface area contributed by atoms with Crippen molar-refractivity contribution >= 4 is 22.3 Å². The predicted molar refractivity (Wildman–Crippen MR) is 86.5 cm³/mol. The molecule has 112 valence electrons. The zero-order valence-electron chi connectivity index (χ0n) is 12.4. The molecule has 3 N–H and O–H groups in total. The van der Waals surface area contributed by atoms with E-state index < -0.39 is 0 Å². The van der Waals surface area contributed by atoms with Crippen molar-refractivity contribution in [2.75, 3.05) is 43.9 Å². The minimum absolute atomic E-state index is 0.316. The van der Waals surface area contributed by atoms with Gasteiger partial charge in [0, 0.05) is 31.1 Å². The second-order valence-corrected chi connectivity index (χ2v) is 5.56. The van der Waals surface area contributed by atoms with E-state index in [9.17, 15) is 0 Å². The van der Waals surface area contributed by atoms with Gasteiger partial charge in [0.05, 0.1) is 36.3 Å². The summed E-state index contributed by atoms with van der Waals surface area (Å²) >= 11 is 0. The lowest BCUT2D eigenvalue weighted by molar-refractivity contribution is 0.0368. The van der Waals surface area contributed by atoms with Gasteiger partial charge in [-0.25, -0.2) is 0 Å². The van der Waals surface area contributed by atoms with Gasteiger partial charge in [-0.3, -0.25) is 9.88 Å². The summed E-state index contributed by atoms with van der Waals surface area (Å²) in [4.78, 5) is 6.79. The molecule has 0 radical (unpaired) electrons. The van der Waals surface area contributed by atoms with Crippen LogP contribution >= 0.6 is 0 Å². The Morgan fingerprint density at radius 1 is 1.33 bits per heavy atom. The minimum atomic E-state index is 0.316. The van der Waals surface area contributed by atoms with Crippen LogP contribution in [-0.2, 0) is 4.74 Å². The van der Waals surface area contributed by atoms with Crippen LogP contribution in [0, 0.1) is 0 Å². The van der Waals surface area contributed by atoms with Crippen LogP contribution in [0.1, 0.15) is 6.92 Å². The molecule has 1 unspecified atom stereocenters. The summed E-state index contributed by atoms with van der Waals surface area (Å²) in [5.74, 6) is 0. The van der Waals surface area contributed by atoms with E-state index >= 15 is 0 Å². The molecule has 0 spiro atoms. The fraction of sp³-hybridized carbons (Fsp3) is 0.438. The Hall–Kier alpha value is -1.85. The standard InChI is InChI=1S/C16H22N4O/c1-12(11-20-6-8-21-9-7-20)19-16-13-4-2-3-5-15(13)18-10-14(16)17/h2-5,10,12H,6-9,11,17H2,1H3,(H,18,19). The van der Waals surface area contributed by atoms with Crippen molar-refractivity contribution in [3.63, 3.8) is 0 Å². The Labute approximate surface area is 125 Å². The van der Waals surface area contributed by atoms with Gasteiger partial charge >= 0.3 is 0 Å². The number of anilines is 2. The first-order chi connectivity index (χ1) is 10.2. The molecule has 0 saturated carbocycles. The van der Waals surface area contributed by atoms with E-state index in [0.29, 0.717) is 11.7 Å². The van der Waals surface area contributed by atoms with Gasteiger partial charge in [0.15, 0.2) is 0 Å². The maximum absolute atomic E-state index is 6.11. The molecule has 2 heterocycles. The number of nitrogen functional groups attached to an aromatic ring is 1. The number of fused-ring (bicyclic) bond motifs is 1. The highest BCUT2D eigenvalue weighted by molar-refractivity contribution is 5.96. The van der Waals surface area contributed by atoms with E-state index in [1.165, 1.54) is 0 Å². The number of nitrogens with two attached hydrogens (primary N) is 1. The summed E-state index contributed by atoms with van der Waals surface area (Å²) in [7, 11) is 0. The number of para-hydroxylation sites is 1. The minimum Gasteiger partial charge on any atom is -0.396 e. The Morgan fingerprint density at radius 2 is 2.10 bits per heavy atom. The van der Waals surface area contributed by atoms with Crippen LogP contribution in [0.3, 0.4) is 0 Å². The SMILES string of the molecule is CC(CN1CCOCC1)Nc1c(N)cnc2ccccc12. The fourth-order valence-electron chi connectivity index (χ4n) is 2.78. The summed E-state index contributed by atoms with van der Waals surface area (Å²) in [6, 6.07) is 8.39. The molecule has 1 aliphatic heterocycles. The van der Waals surface area contributed by atoms with Gasteiger partial charge in [-0.1, -0.05) is 18.2 Å². The third-order valence-electron chi connectivity index (χ3n) is 3.83. The highest BCUT2D eigenvalue weighted by Gasteiger charge is 2.15. The maximum atomic E-state index is 6.11. The van der Waals surface area contributed by atoms with Gasteiger partial charge in [-0.2, -0.15) is 0 Å². The topological polar surface area (TPSA) is 63.4 Å². The second kappa shape index (κ2) is 6.28. The fourth-order valence-corrected chi connectivity index (χ4v) is 2.78. The molecule has 1 aromatic heterocycles. The molecule has 1 aliphatic rings. The molecule has 1 fully saturated rings. The lowest BCUT2D eigenvalue weighted by atomic mass is 10.1. The van der Waals surface area contributed by atoms with Gasteiger partial charge < -0.3 is 15.8 Å². The molecular weight excluding hydrogens is 264 g/mol. The highest BCUT2D eigenvalue weighted by atomic mass is 16.5. The van der Waals surface area contributed by atoms with Crippen molar-refractivity contribution in [1.82, 2.24) is 9.88 Å². The number of morpholine rings is 1. The van der Waals surface area contributed by atoms with Crippen molar-refractivity contribution in [1.29, 1.82) is 0 Å². The normalized spacial score (nSPS) is 17.8. The van der Waals surface area contributed by atoms with Crippen LogP contribution < -0.4 is 11.1 Å². The van der Waals surface area contributed by atoms with Crippen LogP contribution in [0.15, 0.2) is 30.5 Å². The number of nitrogens with one attached hydrogen (secondary N) is 1. The number of aromatic nitrogens is 1. The lowest BCUT2D eigenvalue weighted by Crippen LogP contribution is -2.42. The van der Waals surface area contributed by atoms with E-state index in [4.69, 9.17) is 10.5 Å². The van der Waals surface area contributed by atoms with Crippen LogP contribution in [0.25, 0.3) is 10.9 Å². The maximum Gasteiger partial charge on any atom is 0.0743 e. The van der Waals surface area contributed by atoms with Crippen molar-refractivity contribution < 1.29 is 4.74 Å². The van der Waals surface area contributed by atoms with E-state index in [2.05, 4.69) is 28.2 Å². The molecule has 2 aromatic rings. The molecule has 21 heavy (non-hydrogen) atoms. The molecule has 3 rings (SSSR count). The van der Waals surface area contributed by atoms with Crippen LogP contribution in [-0.4, -0.2) is 48.8 Å². The highest BCUT2D eigenvalue weighted by Crippen LogP contribution is 2.28. The largest absolute Gasteiger partial charge is 0.396 e. The summed E-state index contributed by atoms with van der Waals surface area (Å²) in [6.07, 6.45) is 1.73. The third-order valence-corrected chi connectivity index (χ3v) is 3.83. The first kappa shape index (κ1) is 14.1. The molecule has 0 bridgehead atoms. The first-order valence-electron chi connectivity index (χ1n) is 7.44. The van der Waals surface area contributed by atoms with Crippen molar-refractivity contribution in [2.45, 2.75) is 13.0 Å². The van der Waals surface area contributed by atoms with Gasteiger partial charge in [-0.15, -0.1) is 0 Å². The van der Waals surface area contributed by atoms with E-state index in [1.807, 2.05) is 18.2 Å². The smallest absolute Gasteiger partial charge is 0.0743 e. The zero-order chi connectivity index (χ0) is 14.7. The van der Waals surface area contributed by atoms with Crippen molar-refractivity contribution in [2.24, 2.45) is 0 Å². The first-order valence-corrected chi connectivity index (χ1v) is 7.44. The summed E-state index contributed by atoms with van der Waals surface area (Å²) < 4.78 is 5.39. The number of ether oxygens (including phenoxy) is 1. The van der Waals surface area contributed by atoms with Crippen molar-refractivity contribution in [3.8, 4) is 0 Å². The molecule has 1 atom stereocenters. The zero-order valence-corrected chi connectivity index (χ0v) is 12.4. The molecular formula is C16H22N4O. The number of rotatable bonds is 4. The van der Waals surface area contributed by atoms with Gasteiger partial charge in [-0.05, 0) is 13.0 Å². The lowest BCUT2D eigenvalue weighted by Gasteiger charge is -2.30. The van der Waals surface area contributed by atoms with Gasteiger partial charge in [0.2, 0.25) is 0 Å². The van der Waals surface area contributed by atoms with E-state index in [1.54, 1.807) is 6.20 Å². The number of hydrogen-bond donors (Lipinski definition) is 2. The number of benzene rings is 1. The monoisotopic (exact) mass is 286 g/mol. The second-order valence-electron chi connectivity index (χ2n) is 5.56. The average molecular weight is 286 g/mol. The van der Waals surface area contributed by atoms with Gasteiger partial charge in [0.1, 0.15) is 0 Å². The molecule has 1 aromatic carbocycles. The molecule has 0 aliphatic carbocycles. The Kier molecular flexibility index (Phi) is 4.22. The third kappa shape index (κ3) is 3.25. The Morgan fingerprint density at radius 3 is 2.90 bits per heavy atom. The van der Waals surface area contributed by atoms with Crippen LogP contribution in [0.2, 0.25) is 0 Å². The van der Waals surface area contributed by atoms with E-state index in [-0.39, 0.29) is 0 Å². The molecule has 5 heteroatoms. The Bertz CT molecular complexity index is 610. The molecule has 5 nitrogen and oxygen atoms in total. The number of nitrogens with zero attached hydrogens (tertiary/aromatic N) is 2. The summed E-state index contributed by atoms with van der Waals surface area (Å²) in [5.41, 5.74) is 8.76. The van der Waals surface area contributed by atoms with Crippen LogP contribution in [0.5, 0.6) is 0 Å². The number of hydrogen-bond acceptors (Lipinski definition) is 5. The molecule has 1 saturated heterocycles. The molecule has 0 amide bonds. The summed E-state index contributed by atoms with van der Waals surface area (Å²) in [5, 5.41) is 4.63. The summed E-state index contributed by atoms with van der Waals surface area (Å²) in [6.45, 7) is 6.82. The predicted octanol–water partition coefficient (Wildman–Crippen LogP) is 1.95. The Balaban J connectivity index is 1.75. The average Bonchev–Trinajstić information content (AvgIpc) is 2.51. The van der Waals surface area contributed by atoms with E-state index in [0.717, 1.165) is 49.4 Å². The van der Waals surface area contributed by atoms with Crippen molar-refractivity contribution in [3.05, 3.63) is 30.5 Å². The van der Waals surface area contributed by atoms with Crippen LogP contribution in [0.4, 0.5) is 11.4 Å².